The van der Waals surface area contributed by atoms with E-state index in [1.165, 1.54) is 0 Å². The molecule has 108 valence electrons. The van der Waals surface area contributed by atoms with Crippen molar-refractivity contribution in [2.24, 2.45) is 5.92 Å². The Labute approximate surface area is 112 Å². The predicted molar refractivity (Wildman–Crippen MR) is 68.7 cm³/mol. The molecule has 0 aliphatic heterocycles. The van der Waals surface area contributed by atoms with Crippen molar-refractivity contribution in [3.63, 3.8) is 0 Å². The number of hydrogen-bond acceptors (Lipinski definition) is 3. The number of aliphatic carboxylic acids is 1. The van der Waals surface area contributed by atoms with Crippen LogP contribution in [0.1, 0.15) is 44.9 Å². The molecule has 0 spiro atoms. The number of urea groups is 1. The first-order valence-electron chi connectivity index (χ1n) is 7.06. The highest BCUT2D eigenvalue weighted by molar-refractivity contribution is 5.83. The van der Waals surface area contributed by atoms with Gasteiger partial charge in [0.25, 0.3) is 0 Å². The Kier molecular flexibility index (Phi) is 4.63. The number of carboxylic acids is 1. The third kappa shape index (κ3) is 4.09. The molecule has 0 aromatic heterocycles. The van der Waals surface area contributed by atoms with Gasteiger partial charge in [-0.25, -0.2) is 9.59 Å². The van der Waals surface area contributed by atoms with Crippen LogP contribution in [0.15, 0.2) is 0 Å². The zero-order valence-corrected chi connectivity index (χ0v) is 11.0. The van der Waals surface area contributed by atoms with Crippen molar-refractivity contribution < 1.29 is 19.8 Å². The van der Waals surface area contributed by atoms with Crippen LogP contribution in [0.2, 0.25) is 0 Å². The average molecular weight is 270 g/mol. The first-order valence-corrected chi connectivity index (χ1v) is 7.06. The van der Waals surface area contributed by atoms with E-state index >= 15 is 0 Å². The molecule has 19 heavy (non-hydrogen) atoms. The lowest BCUT2D eigenvalue weighted by Gasteiger charge is -2.23. The van der Waals surface area contributed by atoms with Gasteiger partial charge >= 0.3 is 12.0 Å². The molecular formula is C13H22N2O4. The van der Waals surface area contributed by atoms with Crippen LogP contribution in [0, 0.1) is 5.92 Å². The van der Waals surface area contributed by atoms with Gasteiger partial charge in [0.2, 0.25) is 0 Å². The predicted octanol–water partition coefficient (Wildman–Crippen LogP) is 0.842. The molecule has 2 fully saturated rings. The van der Waals surface area contributed by atoms with Crippen LogP contribution in [0.4, 0.5) is 4.79 Å². The van der Waals surface area contributed by atoms with Crippen LogP contribution >= 0.6 is 0 Å². The monoisotopic (exact) mass is 270 g/mol. The minimum absolute atomic E-state index is 0.0577. The van der Waals surface area contributed by atoms with Gasteiger partial charge in [-0.05, 0) is 31.6 Å². The van der Waals surface area contributed by atoms with Crippen LogP contribution in [0.5, 0.6) is 0 Å². The summed E-state index contributed by atoms with van der Waals surface area (Å²) in [5.74, 6) is -0.929. The van der Waals surface area contributed by atoms with Gasteiger partial charge in [0.15, 0.2) is 0 Å². The average Bonchev–Trinajstić information content (AvgIpc) is 3.17. The third-order valence-electron chi connectivity index (χ3n) is 3.94. The first-order chi connectivity index (χ1) is 9.08. The SMILES string of the molecule is O=C(NC1CCCCCC1O)NC(C(=O)O)C1CC1. The summed E-state index contributed by atoms with van der Waals surface area (Å²) in [6.45, 7) is 0. The maximum absolute atomic E-state index is 11.8. The Hall–Kier alpha value is -1.30. The summed E-state index contributed by atoms with van der Waals surface area (Å²) < 4.78 is 0. The second-order valence-corrected chi connectivity index (χ2v) is 5.58. The van der Waals surface area contributed by atoms with Crippen molar-refractivity contribution in [2.75, 3.05) is 0 Å². The molecule has 6 nitrogen and oxygen atoms in total. The quantitative estimate of drug-likeness (QED) is 0.569. The molecule has 3 unspecified atom stereocenters. The van der Waals surface area contributed by atoms with Gasteiger partial charge in [0, 0.05) is 0 Å². The largest absolute Gasteiger partial charge is 0.480 e. The number of nitrogens with one attached hydrogen (secondary N) is 2. The molecule has 2 saturated carbocycles. The second kappa shape index (κ2) is 6.23. The molecule has 4 N–H and O–H groups in total. The van der Waals surface area contributed by atoms with Gasteiger partial charge in [-0.2, -0.15) is 0 Å². The van der Waals surface area contributed by atoms with E-state index in [9.17, 15) is 14.7 Å². The van der Waals surface area contributed by atoms with E-state index in [0.717, 1.165) is 38.5 Å². The van der Waals surface area contributed by atoms with E-state index < -0.39 is 24.1 Å². The van der Waals surface area contributed by atoms with Gasteiger partial charge < -0.3 is 20.8 Å². The summed E-state index contributed by atoms with van der Waals surface area (Å²) in [5, 5.41) is 24.2. The molecule has 0 heterocycles. The fourth-order valence-corrected chi connectivity index (χ4v) is 2.62. The van der Waals surface area contributed by atoms with Gasteiger partial charge in [-0.1, -0.05) is 19.3 Å². The molecule has 0 aromatic rings. The summed E-state index contributed by atoms with van der Waals surface area (Å²) >= 11 is 0. The number of carboxylic acid groups (broad SMARTS) is 1. The summed E-state index contributed by atoms with van der Waals surface area (Å²) in [6, 6.07) is -1.55. The van der Waals surface area contributed by atoms with E-state index in [1.807, 2.05) is 0 Å². The fraction of sp³-hybridized carbons (Fsp3) is 0.846. The van der Waals surface area contributed by atoms with Crippen molar-refractivity contribution in [1.29, 1.82) is 0 Å². The van der Waals surface area contributed by atoms with Crippen molar-refractivity contribution in [3.8, 4) is 0 Å². The summed E-state index contributed by atoms with van der Waals surface area (Å²) in [5.41, 5.74) is 0. The van der Waals surface area contributed by atoms with E-state index in [2.05, 4.69) is 10.6 Å². The zero-order valence-electron chi connectivity index (χ0n) is 11.0. The standard InChI is InChI=1S/C13H22N2O4/c16-10-5-3-1-2-4-9(10)14-13(19)15-11(12(17)18)8-6-7-8/h8-11,16H,1-7H2,(H,17,18)(H2,14,15,19). The molecule has 0 bridgehead atoms. The number of carbonyl (C=O) groups excluding carboxylic acids is 1. The van der Waals surface area contributed by atoms with Crippen LogP contribution in [0.25, 0.3) is 0 Å². The van der Waals surface area contributed by atoms with E-state index in [-0.39, 0.29) is 12.0 Å². The second-order valence-electron chi connectivity index (χ2n) is 5.58. The number of hydrogen-bond donors (Lipinski definition) is 4. The van der Waals surface area contributed by atoms with Crippen LogP contribution < -0.4 is 10.6 Å². The first kappa shape index (κ1) is 14.1. The number of aliphatic hydroxyl groups is 1. The Morgan fingerprint density at radius 3 is 2.37 bits per heavy atom. The zero-order chi connectivity index (χ0) is 13.8. The van der Waals surface area contributed by atoms with Gasteiger partial charge in [-0.3, -0.25) is 0 Å². The molecule has 2 rings (SSSR count). The topological polar surface area (TPSA) is 98.7 Å². The van der Waals surface area contributed by atoms with E-state index in [4.69, 9.17) is 5.11 Å². The van der Waals surface area contributed by atoms with Crippen LogP contribution in [-0.4, -0.2) is 40.4 Å². The number of rotatable bonds is 4. The van der Waals surface area contributed by atoms with E-state index in [0.29, 0.717) is 6.42 Å². The fourth-order valence-electron chi connectivity index (χ4n) is 2.62. The summed E-state index contributed by atoms with van der Waals surface area (Å²) in [7, 11) is 0. The van der Waals surface area contributed by atoms with Gasteiger partial charge in [0.1, 0.15) is 6.04 Å². The summed E-state index contributed by atoms with van der Waals surface area (Å²) in [6.07, 6.45) is 5.63. The lowest BCUT2D eigenvalue weighted by molar-refractivity contribution is -0.139. The van der Waals surface area contributed by atoms with Gasteiger partial charge in [-0.15, -0.1) is 0 Å². The van der Waals surface area contributed by atoms with Crippen LogP contribution in [0.3, 0.4) is 0 Å². The number of aliphatic hydroxyl groups excluding tert-OH is 1. The lowest BCUT2D eigenvalue weighted by atomic mass is 10.1. The molecule has 2 aliphatic carbocycles. The minimum Gasteiger partial charge on any atom is -0.480 e. The molecule has 3 atom stereocenters. The molecular weight excluding hydrogens is 248 g/mol. The highest BCUT2D eigenvalue weighted by atomic mass is 16.4. The normalized spacial score (nSPS) is 29.1. The van der Waals surface area contributed by atoms with Crippen molar-refractivity contribution in [3.05, 3.63) is 0 Å². The Morgan fingerprint density at radius 2 is 1.74 bits per heavy atom. The highest BCUT2D eigenvalue weighted by Crippen LogP contribution is 2.32. The molecule has 2 aliphatic rings. The lowest BCUT2D eigenvalue weighted by Crippen LogP contribution is -2.52. The Bertz CT molecular complexity index is 344. The summed E-state index contributed by atoms with van der Waals surface area (Å²) in [4.78, 5) is 22.9. The number of amides is 2. The molecule has 0 radical (unpaired) electrons. The van der Waals surface area contributed by atoms with Crippen molar-refractivity contribution in [1.82, 2.24) is 10.6 Å². The van der Waals surface area contributed by atoms with Crippen LogP contribution in [-0.2, 0) is 4.79 Å². The smallest absolute Gasteiger partial charge is 0.326 e. The maximum Gasteiger partial charge on any atom is 0.326 e. The Balaban J connectivity index is 1.83. The Morgan fingerprint density at radius 1 is 1.05 bits per heavy atom. The van der Waals surface area contributed by atoms with Crippen molar-refractivity contribution >= 4 is 12.0 Å². The number of carbonyl (C=O) groups is 2. The molecule has 6 heteroatoms. The minimum atomic E-state index is -0.987. The maximum atomic E-state index is 11.8. The molecule has 0 saturated heterocycles. The molecule has 2 amide bonds. The van der Waals surface area contributed by atoms with E-state index in [1.54, 1.807) is 0 Å². The third-order valence-corrected chi connectivity index (χ3v) is 3.94. The van der Waals surface area contributed by atoms with Crippen molar-refractivity contribution in [2.45, 2.75) is 63.1 Å². The highest BCUT2D eigenvalue weighted by Gasteiger charge is 2.37. The molecule has 0 aromatic carbocycles. The van der Waals surface area contributed by atoms with Gasteiger partial charge in [0.05, 0.1) is 12.1 Å².